The summed E-state index contributed by atoms with van der Waals surface area (Å²) in [7, 11) is 0. The van der Waals surface area contributed by atoms with Crippen molar-refractivity contribution in [1.82, 2.24) is 0 Å². The Morgan fingerprint density at radius 1 is 1.00 bits per heavy atom. The van der Waals surface area contributed by atoms with Crippen LogP contribution < -0.4 is 3.61 Å². The van der Waals surface area contributed by atoms with Gasteiger partial charge in [0.1, 0.15) is 0 Å². The molecule has 0 aliphatic carbocycles. The van der Waals surface area contributed by atoms with Crippen molar-refractivity contribution >= 4 is 24.5 Å². The summed E-state index contributed by atoms with van der Waals surface area (Å²) in [5.74, 6) is 0. The van der Waals surface area contributed by atoms with Gasteiger partial charge in [-0.25, -0.2) is 0 Å². The van der Waals surface area contributed by atoms with Crippen LogP contribution in [0.3, 0.4) is 0 Å². The van der Waals surface area contributed by atoms with Crippen LogP contribution in [0.25, 0.3) is 0 Å². The monoisotopic (exact) mass is 294 g/mol. The number of benzene rings is 1. The fourth-order valence-corrected chi connectivity index (χ4v) is 3.76. The van der Waals surface area contributed by atoms with Gasteiger partial charge in [-0.15, -0.1) is 0 Å². The number of hydrogen-bond donors (Lipinski definition) is 1. The van der Waals surface area contributed by atoms with Crippen molar-refractivity contribution in [2.24, 2.45) is 0 Å². The van der Waals surface area contributed by atoms with Gasteiger partial charge in [-0.1, -0.05) is 0 Å². The van der Waals surface area contributed by atoms with Gasteiger partial charge in [0.25, 0.3) is 0 Å². The Morgan fingerprint density at radius 3 is 2.46 bits per heavy atom. The Balaban J connectivity index is 2.07. The van der Waals surface area contributed by atoms with Gasteiger partial charge in [0.15, 0.2) is 0 Å². The van der Waals surface area contributed by atoms with Crippen LogP contribution in [0.15, 0.2) is 30.3 Å². The zero-order valence-electron chi connectivity index (χ0n) is 7.78. The average molecular weight is 292 g/mol. The van der Waals surface area contributed by atoms with Crippen LogP contribution in [0.4, 0.5) is 0 Å². The first-order valence-electron chi connectivity index (χ1n) is 4.72. The topological polar surface area (TPSA) is 20.2 Å². The van der Waals surface area contributed by atoms with Gasteiger partial charge in [0, 0.05) is 0 Å². The molecule has 1 nitrogen and oxygen atoms in total. The van der Waals surface area contributed by atoms with Crippen LogP contribution >= 0.6 is 0 Å². The van der Waals surface area contributed by atoms with Crippen molar-refractivity contribution in [3.05, 3.63) is 30.3 Å². The molecule has 0 fully saturated rings. The fourth-order valence-electron chi connectivity index (χ4n) is 1.10. The maximum absolute atomic E-state index is 8.59. The molecule has 0 heterocycles. The van der Waals surface area contributed by atoms with E-state index in [0.29, 0.717) is 6.61 Å². The van der Waals surface area contributed by atoms with Gasteiger partial charge in [-0.05, 0) is 0 Å². The summed E-state index contributed by atoms with van der Waals surface area (Å²) in [5.41, 5.74) is 0. The van der Waals surface area contributed by atoms with Crippen LogP contribution in [-0.2, 0) is 0 Å². The van der Waals surface area contributed by atoms with E-state index in [-0.39, 0.29) is 20.9 Å². The first kappa shape index (κ1) is 11.0. The molecule has 1 N–H and O–H groups in total. The molecule has 0 unspecified atom stereocenters. The first-order valence-corrected chi connectivity index (χ1v) is 7.53. The van der Waals surface area contributed by atoms with E-state index in [1.54, 1.807) is 3.61 Å². The molecule has 0 saturated heterocycles. The van der Waals surface area contributed by atoms with Crippen molar-refractivity contribution in [3.8, 4) is 0 Å². The van der Waals surface area contributed by atoms with Crippen LogP contribution in [0, 0.1) is 0 Å². The molecular formula is C11H16OTe. The molecule has 0 atom stereocenters. The van der Waals surface area contributed by atoms with Gasteiger partial charge in [0.2, 0.25) is 0 Å². The van der Waals surface area contributed by atoms with Crippen molar-refractivity contribution in [1.29, 1.82) is 0 Å². The maximum atomic E-state index is 8.59. The number of hydrogen-bond acceptors (Lipinski definition) is 1. The predicted molar refractivity (Wildman–Crippen MR) is 57.6 cm³/mol. The molecule has 0 aromatic heterocycles. The Labute approximate surface area is 90.3 Å². The number of aliphatic hydroxyl groups is 1. The van der Waals surface area contributed by atoms with E-state index >= 15 is 0 Å². The first-order chi connectivity index (χ1) is 6.43. The zero-order chi connectivity index (χ0) is 9.36. The van der Waals surface area contributed by atoms with Crippen molar-refractivity contribution in [3.63, 3.8) is 0 Å². The molecule has 0 radical (unpaired) electrons. The quantitative estimate of drug-likeness (QED) is 0.623. The van der Waals surface area contributed by atoms with Crippen LogP contribution in [0.2, 0.25) is 4.47 Å². The van der Waals surface area contributed by atoms with Crippen molar-refractivity contribution in [2.45, 2.75) is 23.7 Å². The molecule has 1 rings (SSSR count). The second-order valence-electron chi connectivity index (χ2n) is 2.95. The summed E-state index contributed by atoms with van der Waals surface area (Å²) >= 11 is 0.0554. The molecule has 13 heavy (non-hydrogen) atoms. The van der Waals surface area contributed by atoms with Gasteiger partial charge in [-0.2, -0.15) is 0 Å². The van der Waals surface area contributed by atoms with Crippen LogP contribution in [0.1, 0.15) is 19.3 Å². The fraction of sp³-hybridized carbons (Fsp3) is 0.455. The minimum atomic E-state index is 0.0554. The van der Waals surface area contributed by atoms with Gasteiger partial charge in [0.05, 0.1) is 0 Å². The third-order valence-corrected chi connectivity index (χ3v) is 4.95. The van der Waals surface area contributed by atoms with Crippen LogP contribution in [-0.4, -0.2) is 32.6 Å². The van der Waals surface area contributed by atoms with Crippen LogP contribution in [0.5, 0.6) is 0 Å². The SMILES string of the molecule is OCCCCC[Te]c1ccccc1. The summed E-state index contributed by atoms with van der Waals surface area (Å²) < 4.78 is 2.92. The predicted octanol–water partition coefficient (Wildman–Crippen LogP) is 1.60. The second-order valence-corrected chi connectivity index (χ2v) is 6.28. The second kappa shape index (κ2) is 7.38. The summed E-state index contributed by atoms with van der Waals surface area (Å²) in [6.45, 7) is 0.353. The van der Waals surface area contributed by atoms with Gasteiger partial charge >= 0.3 is 90.3 Å². The van der Waals surface area contributed by atoms with E-state index in [4.69, 9.17) is 5.11 Å². The molecule has 0 spiro atoms. The molecule has 72 valence electrons. The Kier molecular flexibility index (Phi) is 6.27. The van der Waals surface area contributed by atoms with Gasteiger partial charge in [-0.3, -0.25) is 0 Å². The normalized spacial score (nSPS) is 10.2. The van der Waals surface area contributed by atoms with E-state index in [1.165, 1.54) is 17.3 Å². The van der Waals surface area contributed by atoms with E-state index in [9.17, 15) is 0 Å². The molecule has 1 aromatic carbocycles. The summed E-state index contributed by atoms with van der Waals surface area (Å²) in [6, 6.07) is 10.8. The summed E-state index contributed by atoms with van der Waals surface area (Å²) in [4.78, 5) is 0. The molecule has 0 amide bonds. The molecule has 0 aliphatic heterocycles. The molecule has 2 heteroatoms. The summed E-state index contributed by atoms with van der Waals surface area (Å²) in [5, 5.41) is 8.59. The van der Waals surface area contributed by atoms with E-state index < -0.39 is 0 Å². The molecular weight excluding hydrogens is 276 g/mol. The number of rotatable bonds is 6. The van der Waals surface area contributed by atoms with E-state index in [2.05, 4.69) is 30.3 Å². The summed E-state index contributed by atoms with van der Waals surface area (Å²) in [6.07, 6.45) is 3.45. The molecule has 0 aliphatic rings. The number of unbranched alkanes of at least 4 members (excludes halogenated alkanes) is 2. The Bertz CT molecular complexity index is 211. The third-order valence-electron chi connectivity index (χ3n) is 1.81. The Morgan fingerprint density at radius 2 is 1.77 bits per heavy atom. The van der Waals surface area contributed by atoms with E-state index in [0.717, 1.165) is 6.42 Å². The molecule has 0 saturated carbocycles. The zero-order valence-corrected chi connectivity index (χ0v) is 10.1. The standard InChI is InChI=1S/C11H16OTe/c12-9-5-2-6-10-13-11-7-3-1-4-8-11/h1,3-4,7-8,12H,2,5-6,9-10H2. The minimum absolute atomic E-state index is 0.0554. The van der Waals surface area contributed by atoms with Crippen molar-refractivity contribution < 1.29 is 5.11 Å². The third kappa shape index (κ3) is 5.31. The van der Waals surface area contributed by atoms with Gasteiger partial charge < -0.3 is 0 Å². The number of aliphatic hydroxyl groups excluding tert-OH is 1. The molecule has 1 aromatic rings. The van der Waals surface area contributed by atoms with Crippen molar-refractivity contribution in [2.75, 3.05) is 6.61 Å². The Hall–Kier alpha value is -0.0304. The van der Waals surface area contributed by atoms with E-state index in [1.807, 2.05) is 0 Å². The molecule has 0 bridgehead atoms. The average Bonchev–Trinajstić information content (AvgIpc) is 2.19.